The van der Waals surface area contributed by atoms with Crippen molar-refractivity contribution < 1.29 is 14.3 Å². The molecule has 0 amide bonds. The van der Waals surface area contributed by atoms with Crippen molar-refractivity contribution in [3.05, 3.63) is 11.6 Å². The molecule has 3 heteroatoms. The molecule has 1 unspecified atom stereocenters. The molecule has 1 aliphatic carbocycles. The van der Waals surface area contributed by atoms with Gasteiger partial charge in [0.25, 0.3) is 0 Å². The van der Waals surface area contributed by atoms with Gasteiger partial charge in [-0.2, -0.15) is 0 Å². The first-order valence-electron chi connectivity index (χ1n) is 4.67. The molecule has 3 nitrogen and oxygen atoms in total. The number of rotatable bonds is 1. The van der Waals surface area contributed by atoms with Crippen LogP contribution in [-0.2, 0) is 14.3 Å². The lowest BCUT2D eigenvalue weighted by molar-refractivity contribution is -0.153. The van der Waals surface area contributed by atoms with Gasteiger partial charge >= 0.3 is 5.97 Å². The molecule has 0 aliphatic heterocycles. The van der Waals surface area contributed by atoms with Crippen molar-refractivity contribution in [3.63, 3.8) is 0 Å². The van der Waals surface area contributed by atoms with Gasteiger partial charge in [-0.1, -0.05) is 19.4 Å². The van der Waals surface area contributed by atoms with E-state index in [9.17, 15) is 9.59 Å². The largest absolute Gasteiger partial charge is 0.468 e. The van der Waals surface area contributed by atoms with Gasteiger partial charge in [-0.25, -0.2) is 0 Å². The second-order valence-electron chi connectivity index (χ2n) is 4.51. The van der Waals surface area contributed by atoms with Crippen LogP contribution in [0, 0.1) is 11.3 Å². The van der Waals surface area contributed by atoms with E-state index in [-0.39, 0.29) is 11.2 Å². The molecule has 0 spiro atoms. The van der Waals surface area contributed by atoms with E-state index in [4.69, 9.17) is 0 Å². The highest BCUT2D eigenvalue weighted by Gasteiger charge is 2.43. The number of carbonyl (C=O) groups excluding carboxylic acids is 2. The molecule has 0 aromatic heterocycles. The number of ketones is 1. The number of methoxy groups -OCH3 is 1. The molecule has 0 heterocycles. The lowest BCUT2D eigenvalue weighted by atomic mass is 9.69. The molecule has 0 bridgehead atoms. The van der Waals surface area contributed by atoms with Crippen LogP contribution in [0.3, 0.4) is 0 Å². The fraction of sp³-hybridized carbons (Fsp3) is 0.636. The summed E-state index contributed by atoms with van der Waals surface area (Å²) in [5.74, 6) is -1.20. The predicted octanol–water partition coefficient (Wildman–Crippen LogP) is 1.72. The highest BCUT2D eigenvalue weighted by Crippen LogP contribution is 2.38. The Kier molecular flexibility index (Phi) is 2.79. The Hall–Kier alpha value is -1.12. The van der Waals surface area contributed by atoms with Crippen LogP contribution in [0.1, 0.15) is 27.2 Å². The van der Waals surface area contributed by atoms with E-state index in [1.807, 2.05) is 20.8 Å². The fourth-order valence-electron chi connectivity index (χ4n) is 2.14. The first-order chi connectivity index (χ1) is 6.38. The van der Waals surface area contributed by atoms with Crippen LogP contribution in [0.5, 0.6) is 0 Å². The summed E-state index contributed by atoms with van der Waals surface area (Å²) >= 11 is 0. The maximum absolute atomic E-state index is 11.6. The summed E-state index contributed by atoms with van der Waals surface area (Å²) in [6, 6.07) is 0. The number of hydrogen-bond acceptors (Lipinski definition) is 3. The number of esters is 1. The monoisotopic (exact) mass is 196 g/mol. The summed E-state index contributed by atoms with van der Waals surface area (Å²) < 4.78 is 4.64. The molecule has 14 heavy (non-hydrogen) atoms. The van der Waals surface area contributed by atoms with Gasteiger partial charge in [0.15, 0.2) is 5.78 Å². The van der Waals surface area contributed by atoms with Crippen LogP contribution in [0.25, 0.3) is 0 Å². The third-order valence-corrected chi connectivity index (χ3v) is 2.63. The van der Waals surface area contributed by atoms with Gasteiger partial charge in [0.05, 0.1) is 7.11 Å². The molecule has 1 atom stereocenters. The molecule has 78 valence electrons. The van der Waals surface area contributed by atoms with E-state index >= 15 is 0 Å². The molecule has 0 saturated carbocycles. The fourth-order valence-corrected chi connectivity index (χ4v) is 2.14. The van der Waals surface area contributed by atoms with E-state index in [0.717, 1.165) is 12.0 Å². The Morgan fingerprint density at radius 2 is 2.14 bits per heavy atom. The van der Waals surface area contributed by atoms with Crippen molar-refractivity contribution >= 4 is 11.8 Å². The zero-order valence-electron chi connectivity index (χ0n) is 9.09. The summed E-state index contributed by atoms with van der Waals surface area (Å²) in [7, 11) is 1.32. The van der Waals surface area contributed by atoms with Gasteiger partial charge in [0.1, 0.15) is 5.92 Å². The van der Waals surface area contributed by atoms with Crippen molar-refractivity contribution in [1.82, 2.24) is 0 Å². The van der Waals surface area contributed by atoms with Crippen LogP contribution < -0.4 is 0 Å². The zero-order valence-corrected chi connectivity index (χ0v) is 9.09. The number of carbonyl (C=O) groups is 2. The van der Waals surface area contributed by atoms with Gasteiger partial charge in [0, 0.05) is 0 Å². The topological polar surface area (TPSA) is 43.4 Å². The Bertz CT molecular complexity index is 300. The maximum atomic E-state index is 11.6. The zero-order chi connectivity index (χ0) is 10.9. The Balaban J connectivity index is 3.04. The first-order valence-corrected chi connectivity index (χ1v) is 4.67. The smallest absolute Gasteiger partial charge is 0.317 e. The van der Waals surface area contributed by atoms with E-state index < -0.39 is 11.9 Å². The third-order valence-electron chi connectivity index (χ3n) is 2.63. The standard InChI is InChI=1S/C11H16O3/c1-7-5-8(12)9(10(13)14-4)11(2,3)6-7/h5,9H,6H2,1-4H3. The normalized spacial score (nSPS) is 25.6. The molecular weight excluding hydrogens is 180 g/mol. The van der Waals surface area contributed by atoms with E-state index in [0.29, 0.717) is 0 Å². The summed E-state index contributed by atoms with van der Waals surface area (Å²) in [6.07, 6.45) is 2.31. The third kappa shape index (κ3) is 1.86. The Labute approximate surface area is 84.1 Å². The van der Waals surface area contributed by atoms with Gasteiger partial charge in [-0.3, -0.25) is 9.59 Å². The predicted molar refractivity (Wildman–Crippen MR) is 52.7 cm³/mol. The second-order valence-corrected chi connectivity index (χ2v) is 4.51. The molecule has 0 aromatic carbocycles. The second kappa shape index (κ2) is 3.56. The van der Waals surface area contributed by atoms with Crippen molar-refractivity contribution in [2.45, 2.75) is 27.2 Å². The number of ether oxygens (including phenoxy) is 1. The highest BCUT2D eigenvalue weighted by atomic mass is 16.5. The molecule has 1 rings (SSSR count). The van der Waals surface area contributed by atoms with Crippen LogP contribution in [0.4, 0.5) is 0 Å². The van der Waals surface area contributed by atoms with E-state index in [1.165, 1.54) is 7.11 Å². The van der Waals surface area contributed by atoms with Crippen LogP contribution in [0.15, 0.2) is 11.6 Å². The van der Waals surface area contributed by atoms with Crippen LogP contribution in [-0.4, -0.2) is 18.9 Å². The molecule has 0 radical (unpaired) electrons. The minimum absolute atomic E-state index is 0.134. The Morgan fingerprint density at radius 3 is 2.57 bits per heavy atom. The molecular formula is C11H16O3. The van der Waals surface area contributed by atoms with Gasteiger partial charge in [0.2, 0.25) is 0 Å². The van der Waals surface area contributed by atoms with Crippen LogP contribution in [0.2, 0.25) is 0 Å². The quantitative estimate of drug-likeness (QED) is 0.473. The number of hydrogen-bond donors (Lipinski definition) is 0. The molecule has 0 N–H and O–H groups in total. The summed E-state index contributed by atoms with van der Waals surface area (Å²) in [5.41, 5.74) is 0.698. The van der Waals surface area contributed by atoms with Gasteiger partial charge in [-0.15, -0.1) is 0 Å². The number of allylic oxidation sites excluding steroid dienone is 2. The van der Waals surface area contributed by atoms with Gasteiger partial charge < -0.3 is 4.74 Å². The minimum Gasteiger partial charge on any atom is -0.468 e. The van der Waals surface area contributed by atoms with Crippen molar-refractivity contribution in [2.75, 3.05) is 7.11 Å². The maximum Gasteiger partial charge on any atom is 0.317 e. The summed E-state index contributed by atoms with van der Waals surface area (Å²) in [5, 5.41) is 0. The summed E-state index contributed by atoms with van der Waals surface area (Å²) in [6.45, 7) is 5.75. The minimum atomic E-state index is -0.642. The lowest BCUT2D eigenvalue weighted by Gasteiger charge is -2.34. The molecule has 1 aliphatic rings. The van der Waals surface area contributed by atoms with Crippen molar-refractivity contribution in [3.8, 4) is 0 Å². The van der Waals surface area contributed by atoms with Crippen molar-refractivity contribution in [2.24, 2.45) is 11.3 Å². The van der Waals surface area contributed by atoms with Crippen molar-refractivity contribution in [1.29, 1.82) is 0 Å². The first kappa shape index (κ1) is 11.0. The van der Waals surface area contributed by atoms with Crippen LogP contribution >= 0.6 is 0 Å². The average Bonchev–Trinajstić information content (AvgIpc) is 1.99. The highest BCUT2D eigenvalue weighted by molar-refractivity contribution is 6.06. The Morgan fingerprint density at radius 1 is 1.57 bits per heavy atom. The molecule has 0 fully saturated rings. The van der Waals surface area contributed by atoms with E-state index in [2.05, 4.69) is 4.74 Å². The van der Waals surface area contributed by atoms with Gasteiger partial charge in [-0.05, 0) is 24.8 Å². The van der Waals surface area contributed by atoms with E-state index in [1.54, 1.807) is 6.08 Å². The summed E-state index contributed by atoms with van der Waals surface area (Å²) in [4.78, 5) is 23.1. The lowest BCUT2D eigenvalue weighted by Crippen LogP contribution is -2.40. The average molecular weight is 196 g/mol. The molecule has 0 aromatic rings. The molecule has 0 saturated heterocycles. The SMILES string of the molecule is COC(=O)C1C(=O)C=C(C)CC1(C)C.